The topological polar surface area (TPSA) is 38.9 Å². The minimum Gasteiger partial charge on any atom is -0.334 e. The van der Waals surface area contributed by atoms with Crippen molar-refractivity contribution in [1.29, 1.82) is 0 Å². The first kappa shape index (κ1) is 10.2. The molecule has 0 fully saturated rings. The molecule has 0 N–H and O–H groups in total. The van der Waals surface area contributed by atoms with Crippen LogP contribution in [0.15, 0.2) is 45.6 Å². The van der Waals surface area contributed by atoms with E-state index in [0.29, 0.717) is 11.7 Å². The molecule has 0 amide bonds. The molecular formula is C13H10N2OS. The van der Waals surface area contributed by atoms with Crippen LogP contribution >= 0.6 is 11.3 Å². The fourth-order valence-electron chi connectivity index (χ4n) is 1.55. The predicted molar refractivity (Wildman–Crippen MR) is 67.8 cm³/mol. The van der Waals surface area contributed by atoms with E-state index in [0.717, 1.165) is 11.1 Å². The van der Waals surface area contributed by atoms with Crippen molar-refractivity contribution in [2.24, 2.45) is 0 Å². The molecule has 0 unspecified atom stereocenters. The second-order valence-corrected chi connectivity index (χ2v) is 4.58. The van der Waals surface area contributed by atoms with Crippen molar-refractivity contribution in [2.45, 2.75) is 6.92 Å². The molecule has 3 aromatic rings. The van der Waals surface area contributed by atoms with Crippen LogP contribution in [0.4, 0.5) is 0 Å². The Bertz CT molecular complexity index is 611. The molecule has 0 spiro atoms. The summed E-state index contributed by atoms with van der Waals surface area (Å²) in [7, 11) is 0. The van der Waals surface area contributed by atoms with E-state index in [9.17, 15) is 0 Å². The van der Waals surface area contributed by atoms with Crippen molar-refractivity contribution < 1.29 is 4.52 Å². The third-order valence-corrected chi connectivity index (χ3v) is 3.19. The maximum atomic E-state index is 5.24. The van der Waals surface area contributed by atoms with Gasteiger partial charge in [-0.05, 0) is 18.4 Å². The smallest absolute Gasteiger partial charge is 0.259 e. The van der Waals surface area contributed by atoms with Gasteiger partial charge in [-0.2, -0.15) is 16.3 Å². The quantitative estimate of drug-likeness (QED) is 0.686. The summed E-state index contributed by atoms with van der Waals surface area (Å²) in [6, 6.07) is 10.0. The molecule has 3 nitrogen and oxygen atoms in total. The number of nitrogens with zero attached hydrogens (tertiary/aromatic N) is 2. The molecule has 0 aliphatic heterocycles. The van der Waals surface area contributed by atoms with Gasteiger partial charge in [0.15, 0.2) is 0 Å². The van der Waals surface area contributed by atoms with E-state index in [2.05, 4.69) is 17.1 Å². The molecular weight excluding hydrogens is 232 g/mol. The lowest BCUT2D eigenvalue weighted by molar-refractivity contribution is 0.432. The van der Waals surface area contributed by atoms with E-state index in [1.54, 1.807) is 11.3 Å². The Hall–Kier alpha value is -1.94. The number of thiophene rings is 1. The summed E-state index contributed by atoms with van der Waals surface area (Å²) in [5, 5.41) is 7.97. The Morgan fingerprint density at radius 3 is 2.59 bits per heavy atom. The molecule has 1 aromatic carbocycles. The lowest BCUT2D eigenvalue weighted by atomic mass is 10.1. The van der Waals surface area contributed by atoms with Crippen LogP contribution in [-0.4, -0.2) is 10.1 Å². The molecule has 0 atom stereocenters. The SMILES string of the molecule is Cc1ccc(-c2noc(-c3ccsc3)n2)cc1. The zero-order chi connectivity index (χ0) is 11.7. The third kappa shape index (κ3) is 1.99. The Labute approximate surface area is 103 Å². The molecule has 3 rings (SSSR count). The van der Waals surface area contributed by atoms with Crippen LogP contribution in [0.3, 0.4) is 0 Å². The summed E-state index contributed by atoms with van der Waals surface area (Å²) in [6.07, 6.45) is 0. The summed E-state index contributed by atoms with van der Waals surface area (Å²) in [6.45, 7) is 2.05. The van der Waals surface area contributed by atoms with Gasteiger partial charge in [0.05, 0.1) is 5.56 Å². The van der Waals surface area contributed by atoms with Crippen LogP contribution in [0, 0.1) is 6.92 Å². The maximum absolute atomic E-state index is 5.24. The molecule has 0 saturated heterocycles. The largest absolute Gasteiger partial charge is 0.334 e. The van der Waals surface area contributed by atoms with Gasteiger partial charge in [-0.1, -0.05) is 35.0 Å². The van der Waals surface area contributed by atoms with Crippen LogP contribution in [-0.2, 0) is 0 Å². The number of rotatable bonds is 2. The fourth-order valence-corrected chi connectivity index (χ4v) is 2.18. The second kappa shape index (κ2) is 4.14. The van der Waals surface area contributed by atoms with E-state index in [-0.39, 0.29) is 0 Å². The fraction of sp³-hybridized carbons (Fsp3) is 0.0769. The lowest BCUT2D eigenvalue weighted by Gasteiger charge is -1.94. The van der Waals surface area contributed by atoms with Crippen molar-refractivity contribution in [2.75, 3.05) is 0 Å². The molecule has 0 aliphatic carbocycles. The average Bonchev–Trinajstić information content (AvgIpc) is 3.00. The van der Waals surface area contributed by atoms with Gasteiger partial charge in [-0.3, -0.25) is 0 Å². The Balaban J connectivity index is 1.98. The average molecular weight is 242 g/mol. The number of hydrogen-bond acceptors (Lipinski definition) is 4. The van der Waals surface area contributed by atoms with E-state index >= 15 is 0 Å². The van der Waals surface area contributed by atoms with Gasteiger partial charge >= 0.3 is 0 Å². The van der Waals surface area contributed by atoms with Crippen LogP contribution in [0.1, 0.15) is 5.56 Å². The van der Waals surface area contributed by atoms with Crippen molar-refractivity contribution in [3.8, 4) is 22.8 Å². The van der Waals surface area contributed by atoms with E-state index in [4.69, 9.17) is 4.52 Å². The highest BCUT2D eigenvalue weighted by atomic mass is 32.1. The molecule has 84 valence electrons. The van der Waals surface area contributed by atoms with Crippen molar-refractivity contribution in [1.82, 2.24) is 10.1 Å². The highest BCUT2D eigenvalue weighted by Gasteiger charge is 2.10. The number of aromatic nitrogens is 2. The number of hydrogen-bond donors (Lipinski definition) is 0. The van der Waals surface area contributed by atoms with Gasteiger partial charge in [-0.15, -0.1) is 0 Å². The first-order valence-electron chi connectivity index (χ1n) is 5.26. The van der Waals surface area contributed by atoms with E-state index < -0.39 is 0 Å². The maximum Gasteiger partial charge on any atom is 0.259 e. The van der Waals surface area contributed by atoms with Crippen molar-refractivity contribution in [3.05, 3.63) is 46.7 Å². The molecule has 0 aliphatic rings. The van der Waals surface area contributed by atoms with Gasteiger partial charge in [0.25, 0.3) is 5.89 Å². The van der Waals surface area contributed by atoms with E-state index in [1.807, 2.05) is 41.1 Å². The summed E-state index contributed by atoms with van der Waals surface area (Å²) in [5.41, 5.74) is 3.16. The molecule has 2 aromatic heterocycles. The van der Waals surface area contributed by atoms with Crippen LogP contribution in [0.5, 0.6) is 0 Å². The van der Waals surface area contributed by atoms with E-state index in [1.165, 1.54) is 5.56 Å². The summed E-state index contributed by atoms with van der Waals surface area (Å²) in [4.78, 5) is 4.38. The molecule has 4 heteroatoms. The summed E-state index contributed by atoms with van der Waals surface area (Å²) < 4.78 is 5.24. The first-order chi connectivity index (χ1) is 8.33. The zero-order valence-corrected chi connectivity index (χ0v) is 10.1. The predicted octanol–water partition coefficient (Wildman–Crippen LogP) is 3.77. The third-order valence-electron chi connectivity index (χ3n) is 2.50. The molecule has 0 bridgehead atoms. The normalized spacial score (nSPS) is 10.6. The number of benzene rings is 1. The lowest BCUT2D eigenvalue weighted by Crippen LogP contribution is -1.80. The van der Waals surface area contributed by atoms with Crippen LogP contribution in [0.2, 0.25) is 0 Å². The van der Waals surface area contributed by atoms with Crippen molar-refractivity contribution in [3.63, 3.8) is 0 Å². The Morgan fingerprint density at radius 1 is 1.06 bits per heavy atom. The van der Waals surface area contributed by atoms with Gasteiger partial charge in [0.1, 0.15) is 0 Å². The molecule has 17 heavy (non-hydrogen) atoms. The van der Waals surface area contributed by atoms with Gasteiger partial charge < -0.3 is 4.52 Å². The number of aryl methyl sites for hydroxylation is 1. The van der Waals surface area contributed by atoms with Crippen molar-refractivity contribution >= 4 is 11.3 Å². The standard InChI is InChI=1S/C13H10N2OS/c1-9-2-4-10(5-3-9)12-14-13(16-15-12)11-6-7-17-8-11/h2-8H,1H3. The van der Waals surface area contributed by atoms with Gasteiger partial charge in [0.2, 0.25) is 5.82 Å². The van der Waals surface area contributed by atoms with Gasteiger partial charge in [-0.25, -0.2) is 0 Å². The minimum atomic E-state index is 0.571. The Kier molecular flexibility index (Phi) is 2.49. The van der Waals surface area contributed by atoms with Crippen LogP contribution < -0.4 is 0 Å². The second-order valence-electron chi connectivity index (χ2n) is 3.80. The first-order valence-corrected chi connectivity index (χ1v) is 6.20. The van der Waals surface area contributed by atoms with Gasteiger partial charge in [0, 0.05) is 10.9 Å². The zero-order valence-electron chi connectivity index (χ0n) is 9.25. The summed E-state index contributed by atoms with van der Waals surface area (Å²) >= 11 is 1.61. The monoisotopic (exact) mass is 242 g/mol. The highest BCUT2D eigenvalue weighted by Crippen LogP contribution is 2.23. The molecule has 0 saturated carbocycles. The van der Waals surface area contributed by atoms with Crippen LogP contribution in [0.25, 0.3) is 22.8 Å². The highest BCUT2D eigenvalue weighted by molar-refractivity contribution is 7.08. The molecule has 0 radical (unpaired) electrons. The molecule has 2 heterocycles. The Morgan fingerprint density at radius 2 is 1.88 bits per heavy atom. The summed E-state index contributed by atoms with van der Waals surface area (Å²) in [5.74, 6) is 1.20. The minimum absolute atomic E-state index is 0.571.